The van der Waals surface area contributed by atoms with E-state index in [9.17, 15) is 29.4 Å². The van der Waals surface area contributed by atoms with Gasteiger partial charge < -0.3 is 30.3 Å². The van der Waals surface area contributed by atoms with E-state index in [0.717, 1.165) is 24.3 Å². The fourth-order valence-electron chi connectivity index (χ4n) is 3.45. The zero-order valence-corrected chi connectivity index (χ0v) is 18.1. The van der Waals surface area contributed by atoms with Gasteiger partial charge in [0.15, 0.2) is 0 Å². The quantitative estimate of drug-likeness (QED) is 0.151. The third kappa shape index (κ3) is 4.75. The van der Waals surface area contributed by atoms with Crippen molar-refractivity contribution in [2.75, 3.05) is 36.9 Å². The Morgan fingerprint density at radius 2 is 1.12 bits per heavy atom. The lowest BCUT2D eigenvalue weighted by Gasteiger charge is -2.24. The van der Waals surface area contributed by atoms with E-state index >= 15 is 0 Å². The van der Waals surface area contributed by atoms with Crippen molar-refractivity contribution in [2.45, 2.75) is 0 Å². The van der Waals surface area contributed by atoms with Gasteiger partial charge in [-0.3, -0.25) is 9.59 Å². The number of ketones is 2. The second kappa shape index (κ2) is 10.3. The Balaban J connectivity index is 1.97. The van der Waals surface area contributed by atoms with Crippen LogP contribution in [0.4, 0.5) is 11.4 Å². The number of hydrogen-bond acceptors (Lipinski definition) is 10. The van der Waals surface area contributed by atoms with Crippen molar-refractivity contribution in [3.8, 4) is 11.5 Å². The summed E-state index contributed by atoms with van der Waals surface area (Å²) in [6.45, 7) is 6.79. The van der Waals surface area contributed by atoms with E-state index in [1.807, 2.05) is 0 Å². The van der Waals surface area contributed by atoms with E-state index in [0.29, 0.717) is 0 Å². The van der Waals surface area contributed by atoms with Crippen LogP contribution >= 0.6 is 0 Å². The minimum Gasteiger partial charge on any atom is -0.507 e. The van der Waals surface area contributed by atoms with Gasteiger partial charge in [-0.2, -0.15) is 0 Å². The molecule has 0 bridgehead atoms. The van der Waals surface area contributed by atoms with Crippen molar-refractivity contribution < 1.29 is 38.9 Å². The molecule has 10 heteroatoms. The van der Waals surface area contributed by atoms with Crippen LogP contribution in [0.1, 0.15) is 31.8 Å². The molecule has 0 amide bonds. The van der Waals surface area contributed by atoms with Crippen LogP contribution in [0.3, 0.4) is 0 Å². The van der Waals surface area contributed by atoms with Gasteiger partial charge in [0.2, 0.25) is 11.6 Å². The number of anilines is 2. The van der Waals surface area contributed by atoms with Gasteiger partial charge >= 0.3 is 11.9 Å². The minimum absolute atomic E-state index is 0.0264. The molecular weight excluding hydrogens is 444 g/mol. The normalized spacial score (nSPS) is 11.6. The maximum atomic E-state index is 13.4. The minimum atomic E-state index is -0.676. The van der Waals surface area contributed by atoms with E-state index in [1.165, 1.54) is 0 Å². The number of ether oxygens (including phenoxy) is 2. The second-order valence-electron chi connectivity index (χ2n) is 7.02. The molecule has 176 valence electrons. The Bertz CT molecular complexity index is 1110. The molecule has 34 heavy (non-hydrogen) atoms. The Hall–Kier alpha value is -4.60. The van der Waals surface area contributed by atoms with Gasteiger partial charge in [-0.15, -0.1) is 0 Å². The van der Waals surface area contributed by atoms with Crippen LogP contribution in [0.2, 0.25) is 0 Å². The standard InChI is InChI=1S/C24H22N2O8/c1-3-17(29)33-11-9-25-13-5-6-14(26-10-12-34-18(30)4-2)20-19(13)23(31)21-15(27)7-8-16(28)22(21)24(20)32/h3-8,25-28H,1-2,9-12H2. The molecule has 2 aromatic carbocycles. The molecular formula is C24H22N2O8. The van der Waals surface area contributed by atoms with Gasteiger partial charge in [0.1, 0.15) is 24.7 Å². The molecule has 0 saturated carbocycles. The maximum Gasteiger partial charge on any atom is 0.330 e. The summed E-state index contributed by atoms with van der Waals surface area (Å²) in [4.78, 5) is 49.2. The number of carbonyl (C=O) groups is 4. The highest BCUT2D eigenvalue weighted by Crippen LogP contribution is 2.42. The molecule has 4 N–H and O–H groups in total. The van der Waals surface area contributed by atoms with Crippen LogP contribution in [-0.2, 0) is 19.1 Å². The highest BCUT2D eigenvalue weighted by atomic mass is 16.5. The average Bonchev–Trinajstić information content (AvgIpc) is 2.83. The van der Waals surface area contributed by atoms with Crippen LogP contribution in [0.5, 0.6) is 11.5 Å². The third-order valence-electron chi connectivity index (χ3n) is 4.93. The van der Waals surface area contributed by atoms with Crippen LogP contribution in [0.15, 0.2) is 49.6 Å². The predicted molar refractivity (Wildman–Crippen MR) is 122 cm³/mol. The highest BCUT2D eigenvalue weighted by molar-refractivity contribution is 6.33. The summed E-state index contributed by atoms with van der Waals surface area (Å²) >= 11 is 0. The Labute approximate surface area is 194 Å². The number of phenols is 2. The Morgan fingerprint density at radius 3 is 1.47 bits per heavy atom. The summed E-state index contributed by atoms with van der Waals surface area (Å²) in [5.74, 6) is -3.47. The largest absolute Gasteiger partial charge is 0.507 e. The zero-order valence-electron chi connectivity index (χ0n) is 18.1. The number of aromatic hydroxyl groups is 2. The van der Waals surface area contributed by atoms with Crippen LogP contribution in [0, 0.1) is 0 Å². The topological polar surface area (TPSA) is 151 Å². The van der Waals surface area contributed by atoms with Gasteiger partial charge in [-0.25, -0.2) is 9.59 Å². The van der Waals surface area contributed by atoms with Crippen molar-refractivity contribution >= 4 is 34.9 Å². The summed E-state index contributed by atoms with van der Waals surface area (Å²) in [5.41, 5.74) is -0.144. The monoisotopic (exact) mass is 466 g/mol. The molecule has 2 aromatic rings. The van der Waals surface area contributed by atoms with Crippen molar-refractivity contribution in [3.05, 3.63) is 71.8 Å². The molecule has 0 fully saturated rings. The highest BCUT2D eigenvalue weighted by Gasteiger charge is 2.37. The molecule has 1 aliphatic rings. The number of esters is 2. The van der Waals surface area contributed by atoms with Crippen LogP contribution in [0.25, 0.3) is 0 Å². The fraction of sp³-hybridized carbons (Fsp3) is 0.167. The fourth-order valence-corrected chi connectivity index (χ4v) is 3.45. The summed E-state index contributed by atoms with van der Waals surface area (Å²) < 4.78 is 9.82. The number of rotatable bonds is 10. The average molecular weight is 466 g/mol. The number of phenolic OH excluding ortho intramolecular Hbond substituents is 2. The number of carbonyl (C=O) groups excluding carboxylic acids is 4. The second-order valence-corrected chi connectivity index (χ2v) is 7.02. The summed E-state index contributed by atoms with van der Waals surface area (Å²) in [7, 11) is 0. The maximum absolute atomic E-state index is 13.4. The SMILES string of the molecule is C=CC(=O)OCCNc1ccc(NCCOC(=O)C=C)c2c1C(=O)c1c(O)ccc(O)c1C2=O. The first kappa shape index (κ1) is 24.1. The van der Waals surface area contributed by atoms with Crippen molar-refractivity contribution in [2.24, 2.45) is 0 Å². The molecule has 3 rings (SSSR count). The van der Waals surface area contributed by atoms with Crippen molar-refractivity contribution in [3.63, 3.8) is 0 Å². The number of fused-ring (bicyclic) bond motifs is 2. The lowest BCUT2D eigenvalue weighted by atomic mass is 9.81. The number of benzene rings is 2. The molecule has 0 unspecified atom stereocenters. The zero-order chi connectivity index (χ0) is 24.8. The smallest absolute Gasteiger partial charge is 0.330 e. The van der Waals surface area contributed by atoms with E-state index in [4.69, 9.17) is 9.47 Å². The number of nitrogens with one attached hydrogen (secondary N) is 2. The van der Waals surface area contributed by atoms with E-state index in [1.54, 1.807) is 12.1 Å². The predicted octanol–water partition coefficient (Wildman–Crippen LogP) is 2.16. The van der Waals surface area contributed by atoms with Gasteiger partial charge in [0.25, 0.3) is 0 Å². The van der Waals surface area contributed by atoms with Gasteiger partial charge in [-0.05, 0) is 24.3 Å². The molecule has 10 nitrogen and oxygen atoms in total. The number of hydrogen-bond donors (Lipinski definition) is 4. The Morgan fingerprint density at radius 1 is 0.735 bits per heavy atom. The first-order valence-electron chi connectivity index (χ1n) is 10.2. The molecule has 0 atom stereocenters. The molecule has 0 spiro atoms. The van der Waals surface area contributed by atoms with Gasteiger partial charge in [0, 0.05) is 36.6 Å². The molecule has 0 saturated heterocycles. The summed E-state index contributed by atoms with van der Waals surface area (Å²) in [6.07, 6.45) is 2.03. The van der Waals surface area contributed by atoms with Crippen LogP contribution < -0.4 is 10.6 Å². The molecule has 0 aromatic heterocycles. The first-order chi connectivity index (χ1) is 16.3. The lowest BCUT2D eigenvalue weighted by molar-refractivity contribution is -0.138. The molecule has 0 aliphatic heterocycles. The molecule has 0 radical (unpaired) electrons. The van der Waals surface area contributed by atoms with Gasteiger partial charge in [0.05, 0.1) is 22.3 Å². The first-order valence-corrected chi connectivity index (χ1v) is 10.2. The van der Waals surface area contributed by atoms with E-state index < -0.39 is 35.0 Å². The summed E-state index contributed by atoms with van der Waals surface area (Å²) in [5, 5.41) is 26.4. The van der Waals surface area contributed by atoms with E-state index in [2.05, 4.69) is 23.8 Å². The lowest BCUT2D eigenvalue weighted by Crippen LogP contribution is -2.26. The Kier molecular flexibility index (Phi) is 7.32. The summed E-state index contributed by atoms with van der Waals surface area (Å²) in [6, 6.07) is 5.34. The van der Waals surface area contributed by atoms with E-state index in [-0.39, 0.29) is 59.9 Å². The molecule has 0 heterocycles. The van der Waals surface area contributed by atoms with Crippen molar-refractivity contribution in [1.29, 1.82) is 0 Å². The van der Waals surface area contributed by atoms with Gasteiger partial charge in [-0.1, -0.05) is 13.2 Å². The van der Waals surface area contributed by atoms with Crippen molar-refractivity contribution in [1.82, 2.24) is 0 Å². The molecule has 1 aliphatic carbocycles. The third-order valence-corrected chi connectivity index (χ3v) is 4.93. The van der Waals surface area contributed by atoms with Crippen LogP contribution in [-0.4, -0.2) is 60.0 Å².